The summed E-state index contributed by atoms with van der Waals surface area (Å²) in [4.78, 5) is 12.0. The van der Waals surface area contributed by atoms with E-state index in [1.165, 1.54) is 24.3 Å². The summed E-state index contributed by atoms with van der Waals surface area (Å²) in [5.41, 5.74) is 0.00832. The molecule has 2 heterocycles. The molecule has 0 radical (unpaired) electrons. The third kappa shape index (κ3) is 4.24. The number of ether oxygens (including phenoxy) is 1. The van der Waals surface area contributed by atoms with E-state index in [4.69, 9.17) is 9.15 Å². The number of nitrogens with one attached hydrogen (secondary N) is 1. The fourth-order valence-corrected chi connectivity index (χ4v) is 5.24. The van der Waals surface area contributed by atoms with Gasteiger partial charge in [-0.3, -0.25) is 0 Å². The minimum Gasteiger partial charge on any atom is -0.465 e. The van der Waals surface area contributed by atoms with E-state index < -0.39 is 16.0 Å². The van der Waals surface area contributed by atoms with Crippen LogP contribution in [0, 0.1) is 19.8 Å². The zero-order chi connectivity index (χ0) is 18.2. The Morgan fingerprint density at radius 3 is 2.35 bits per heavy atom. The Labute approximate surface area is 160 Å². The van der Waals surface area contributed by atoms with Gasteiger partial charge in [-0.2, -0.15) is 4.31 Å². The van der Waals surface area contributed by atoms with Crippen LogP contribution in [0.3, 0.4) is 0 Å². The lowest BCUT2D eigenvalue weighted by molar-refractivity contribution is 0.0594. The van der Waals surface area contributed by atoms with E-state index in [0.29, 0.717) is 19.1 Å². The quantitative estimate of drug-likeness (QED) is 0.729. The zero-order valence-electron chi connectivity index (χ0n) is 15.4. The summed E-state index contributed by atoms with van der Waals surface area (Å²) < 4.78 is 37.8. The molecule has 0 bridgehead atoms. The average Bonchev–Trinajstić information content (AvgIpc) is 3.36. The van der Waals surface area contributed by atoms with E-state index in [2.05, 4.69) is 5.32 Å². The van der Waals surface area contributed by atoms with Crippen molar-refractivity contribution < 1.29 is 22.4 Å². The summed E-state index contributed by atoms with van der Waals surface area (Å²) in [6, 6.07) is 0.360. The number of hydrogen-bond donors (Lipinski definition) is 1. The highest BCUT2D eigenvalue weighted by atomic mass is 35.5. The Morgan fingerprint density at radius 2 is 1.81 bits per heavy atom. The number of carbonyl (C=O) groups excluding carboxylic acids is 1. The van der Waals surface area contributed by atoms with E-state index in [0.717, 1.165) is 25.3 Å². The zero-order valence-corrected chi connectivity index (χ0v) is 17.0. The average molecular weight is 407 g/mol. The Morgan fingerprint density at radius 1 is 1.19 bits per heavy atom. The molecule has 0 amide bonds. The lowest BCUT2D eigenvalue weighted by Crippen LogP contribution is -2.45. The molecule has 2 fully saturated rings. The molecule has 1 saturated heterocycles. The van der Waals surface area contributed by atoms with Crippen molar-refractivity contribution in [3.8, 4) is 0 Å². The van der Waals surface area contributed by atoms with Crippen molar-refractivity contribution in [3.63, 3.8) is 0 Å². The number of halogens is 1. The van der Waals surface area contributed by atoms with Crippen LogP contribution in [0.15, 0.2) is 9.31 Å². The number of esters is 1. The van der Waals surface area contributed by atoms with E-state index >= 15 is 0 Å². The Balaban J connectivity index is 0.00000243. The second-order valence-electron chi connectivity index (χ2n) is 6.94. The third-order valence-electron chi connectivity index (χ3n) is 5.04. The monoisotopic (exact) mass is 406 g/mol. The van der Waals surface area contributed by atoms with Gasteiger partial charge in [0.2, 0.25) is 10.0 Å². The molecule has 148 valence electrons. The number of rotatable bonds is 6. The first-order valence-corrected chi connectivity index (χ1v) is 10.2. The standard InChI is InChI=1S/C17H26N2O5S.ClH/c1-11-15(17(20)23-3)16(12(2)24-11)25(21,22)19-8-6-14(7-9-19)18-10-13-4-5-13;/h13-14,18H,4-10H2,1-3H3;1H. The number of sulfonamides is 1. The number of carbonyl (C=O) groups is 1. The Bertz CT molecular complexity index is 749. The van der Waals surface area contributed by atoms with Crippen LogP contribution >= 0.6 is 12.4 Å². The number of methoxy groups -OCH3 is 1. The summed E-state index contributed by atoms with van der Waals surface area (Å²) in [7, 11) is -2.56. The lowest BCUT2D eigenvalue weighted by atomic mass is 10.1. The third-order valence-corrected chi connectivity index (χ3v) is 7.09. The molecule has 2 aliphatic rings. The maximum absolute atomic E-state index is 13.1. The molecule has 1 aromatic heterocycles. The van der Waals surface area contributed by atoms with Crippen molar-refractivity contribution in [1.29, 1.82) is 0 Å². The van der Waals surface area contributed by atoms with Crippen LogP contribution in [0.1, 0.15) is 47.6 Å². The molecule has 0 aromatic carbocycles. The van der Waals surface area contributed by atoms with Crippen LogP contribution in [0.25, 0.3) is 0 Å². The number of furan rings is 1. The molecule has 0 atom stereocenters. The molecule has 1 N–H and O–H groups in total. The molecule has 1 aliphatic carbocycles. The van der Waals surface area contributed by atoms with Crippen LogP contribution < -0.4 is 5.32 Å². The van der Waals surface area contributed by atoms with Crippen LogP contribution in [0.4, 0.5) is 0 Å². The van der Waals surface area contributed by atoms with Crippen molar-refractivity contribution in [2.75, 3.05) is 26.7 Å². The highest BCUT2D eigenvalue weighted by Crippen LogP contribution is 2.32. The molecule has 1 saturated carbocycles. The first kappa shape index (κ1) is 21.2. The molecule has 1 aliphatic heterocycles. The van der Waals surface area contributed by atoms with Gasteiger partial charge in [0, 0.05) is 19.1 Å². The number of piperidine rings is 1. The minimum atomic E-state index is -3.79. The van der Waals surface area contributed by atoms with Gasteiger partial charge >= 0.3 is 5.97 Å². The summed E-state index contributed by atoms with van der Waals surface area (Å²) in [6.07, 6.45) is 4.15. The van der Waals surface area contributed by atoms with Gasteiger partial charge < -0.3 is 14.5 Å². The van der Waals surface area contributed by atoms with Gasteiger partial charge in [-0.05, 0) is 52.0 Å². The fourth-order valence-electron chi connectivity index (χ4n) is 3.40. The fraction of sp³-hybridized carbons (Fsp3) is 0.706. The molecule has 9 heteroatoms. The van der Waals surface area contributed by atoms with Crippen molar-refractivity contribution in [2.24, 2.45) is 5.92 Å². The molecular weight excluding hydrogens is 380 g/mol. The Hall–Kier alpha value is -1.09. The summed E-state index contributed by atoms with van der Waals surface area (Å²) in [6.45, 7) is 5.05. The summed E-state index contributed by atoms with van der Waals surface area (Å²) >= 11 is 0. The number of aryl methyl sites for hydroxylation is 2. The van der Waals surface area contributed by atoms with Crippen LogP contribution in [-0.2, 0) is 14.8 Å². The second kappa shape index (κ2) is 8.29. The van der Waals surface area contributed by atoms with E-state index in [9.17, 15) is 13.2 Å². The van der Waals surface area contributed by atoms with Crippen LogP contribution in [0.5, 0.6) is 0 Å². The lowest BCUT2D eigenvalue weighted by Gasteiger charge is -2.31. The highest BCUT2D eigenvalue weighted by Gasteiger charge is 2.37. The van der Waals surface area contributed by atoms with Crippen molar-refractivity contribution in [1.82, 2.24) is 9.62 Å². The molecule has 26 heavy (non-hydrogen) atoms. The van der Waals surface area contributed by atoms with Gasteiger partial charge in [0.1, 0.15) is 22.0 Å². The maximum Gasteiger partial charge on any atom is 0.342 e. The highest BCUT2D eigenvalue weighted by molar-refractivity contribution is 7.89. The topological polar surface area (TPSA) is 88.8 Å². The maximum atomic E-state index is 13.1. The van der Waals surface area contributed by atoms with E-state index in [1.807, 2.05) is 0 Å². The number of nitrogens with zero attached hydrogens (tertiary/aromatic N) is 1. The summed E-state index contributed by atoms with van der Waals surface area (Å²) in [5.74, 6) is 0.616. The van der Waals surface area contributed by atoms with Crippen molar-refractivity contribution >= 4 is 28.4 Å². The first-order chi connectivity index (χ1) is 11.8. The predicted molar refractivity (Wildman–Crippen MR) is 99.3 cm³/mol. The van der Waals surface area contributed by atoms with E-state index in [1.54, 1.807) is 13.8 Å². The first-order valence-electron chi connectivity index (χ1n) is 8.76. The normalized spacial score (nSPS) is 19.2. The molecule has 0 unspecified atom stereocenters. The smallest absolute Gasteiger partial charge is 0.342 e. The van der Waals surface area contributed by atoms with Gasteiger partial charge in [-0.15, -0.1) is 12.4 Å². The van der Waals surface area contributed by atoms with Crippen molar-refractivity contribution in [2.45, 2.75) is 50.5 Å². The number of hydrogen-bond acceptors (Lipinski definition) is 6. The van der Waals surface area contributed by atoms with Crippen molar-refractivity contribution in [3.05, 3.63) is 17.1 Å². The van der Waals surface area contributed by atoms with Gasteiger partial charge in [0.25, 0.3) is 0 Å². The molecule has 7 nitrogen and oxygen atoms in total. The van der Waals surface area contributed by atoms with Crippen LogP contribution in [0.2, 0.25) is 0 Å². The Kier molecular flexibility index (Phi) is 6.76. The molecular formula is C17H27ClN2O5S. The molecule has 1 aromatic rings. The van der Waals surface area contributed by atoms with Gasteiger partial charge in [0.15, 0.2) is 0 Å². The second-order valence-corrected chi connectivity index (χ2v) is 8.81. The minimum absolute atomic E-state index is 0. The van der Waals surface area contributed by atoms with Gasteiger partial charge in [0.05, 0.1) is 7.11 Å². The summed E-state index contributed by atoms with van der Waals surface area (Å²) in [5, 5.41) is 3.54. The predicted octanol–water partition coefficient (Wildman–Crippen LogP) is 2.26. The molecule has 3 rings (SSSR count). The van der Waals surface area contributed by atoms with E-state index in [-0.39, 0.29) is 34.4 Å². The van der Waals surface area contributed by atoms with Gasteiger partial charge in [-0.25, -0.2) is 13.2 Å². The SMILES string of the molecule is COC(=O)c1c(C)oc(C)c1S(=O)(=O)N1CCC(NCC2CC2)CC1.Cl. The van der Waals surface area contributed by atoms with Gasteiger partial charge in [-0.1, -0.05) is 0 Å². The molecule has 0 spiro atoms. The van der Waals surface area contributed by atoms with Crippen LogP contribution in [-0.4, -0.2) is 51.5 Å². The largest absolute Gasteiger partial charge is 0.465 e.